The molecule has 1 fully saturated rings. The molecule has 0 unspecified atom stereocenters. The number of ether oxygens (including phenoxy) is 1. The lowest BCUT2D eigenvalue weighted by molar-refractivity contribution is -0.137. The summed E-state index contributed by atoms with van der Waals surface area (Å²) in [4.78, 5) is 29.6. The van der Waals surface area contributed by atoms with Crippen LogP contribution in [0.4, 0.5) is 0 Å². The highest BCUT2D eigenvalue weighted by atomic mass is 35.5. The Morgan fingerprint density at radius 2 is 1.73 bits per heavy atom. The lowest BCUT2D eigenvalue weighted by atomic mass is 10.0. The predicted molar refractivity (Wildman–Crippen MR) is 102 cm³/mol. The third-order valence-corrected chi connectivity index (χ3v) is 5.08. The molecule has 1 saturated heterocycles. The Labute approximate surface area is 159 Å². The smallest absolute Gasteiger partial charge is 0.277 e. The van der Waals surface area contributed by atoms with Crippen molar-refractivity contribution in [2.24, 2.45) is 0 Å². The summed E-state index contributed by atoms with van der Waals surface area (Å²) >= 11 is 5.99. The van der Waals surface area contributed by atoms with Crippen molar-refractivity contribution in [3.8, 4) is 0 Å². The standard InChI is InChI=1S/C20H25ClN2O3/c1-2-26-14-6-13-23-19(24)17(15-7-9-16(21)10-8-15)18(20(23)25)22-11-4-3-5-12-22/h7-10H,2-6,11-14H2,1H3. The molecule has 26 heavy (non-hydrogen) atoms. The number of amides is 2. The van der Waals surface area contributed by atoms with Gasteiger partial charge in [-0.05, 0) is 50.3 Å². The molecule has 5 nitrogen and oxygen atoms in total. The van der Waals surface area contributed by atoms with Gasteiger partial charge in [-0.3, -0.25) is 14.5 Å². The fourth-order valence-electron chi connectivity index (χ4n) is 3.52. The van der Waals surface area contributed by atoms with Crippen molar-refractivity contribution in [3.05, 3.63) is 40.5 Å². The first-order valence-corrected chi connectivity index (χ1v) is 9.70. The number of benzene rings is 1. The minimum atomic E-state index is -0.214. The quantitative estimate of drug-likeness (QED) is 0.541. The Balaban J connectivity index is 1.90. The number of carbonyl (C=O) groups is 2. The number of hydrogen-bond acceptors (Lipinski definition) is 4. The SMILES string of the molecule is CCOCCCN1C(=O)C(c2ccc(Cl)cc2)=C(N2CCCCC2)C1=O. The van der Waals surface area contributed by atoms with Gasteiger partial charge in [-0.25, -0.2) is 0 Å². The van der Waals surface area contributed by atoms with Gasteiger partial charge in [0, 0.05) is 37.9 Å². The van der Waals surface area contributed by atoms with Crippen molar-refractivity contribution in [1.29, 1.82) is 0 Å². The Bertz CT molecular complexity index is 694. The van der Waals surface area contributed by atoms with Gasteiger partial charge >= 0.3 is 0 Å². The highest BCUT2D eigenvalue weighted by Crippen LogP contribution is 2.33. The van der Waals surface area contributed by atoms with Crippen LogP contribution in [-0.4, -0.2) is 54.5 Å². The van der Waals surface area contributed by atoms with E-state index >= 15 is 0 Å². The van der Waals surface area contributed by atoms with E-state index < -0.39 is 0 Å². The molecular weight excluding hydrogens is 352 g/mol. The molecule has 0 aliphatic carbocycles. The van der Waals surface area contributed by atoms with Gasteiger partial charge < -0.3 is 9.64 Å². The first-order valence-electron chi connectivity index (χ1n) is 9.32. The second-order valence-corrected chi connectivity index (χ2v) is 7.03. The van der Waals surface area contributed by atoms with Crippen molar-refractivity contribution < 1.29 is 14.3 Å². The number of nitrogens with zero attached hydrogens (tertiary/aromatic N) is 2. The highest BCUT2D eigenvalue weighted by molar-refractivity contribution is 6.36. The van der Waals surface area contributed by atoms with Crippen molar-refractivity contribution in [2.75, 3.05) is 32.8 Å². The van der Waals surface area contributed by atoms with Gasteiger partial charge in [0.05, 0.1) is 5.57 Å². The van der Waals surface area contributed by atoms with Crippen molar-refractivity contribution >= 4 is 29.0 Å². The molecule has 1 aromatic carbocycles. The minimum Gasteiger partial charge on any atom is -0.382 e. The molecule has 2 amide bonds. The third-order valence-electron chi connectivity index (χ3n) is 4.82. The number of likely N-dealkylation sites (tertiary alicyclic amines) is 1. The maximum absolute atomic E-state index is 13.1. The molecule has 0 radical (unpaired) electrons. The van der Waals surface area contributed by atoms with Crippen LogP contribution in [0, 0.1) is 0 Å². The van der Waals surface area contributed by atoms with Gasteiger partial charge in [-0.2, -0.15) is 0 Å². The first-order chi connectivity index (χ1) is 12.6. The van der Waals surface area contributed by atoms with Gasteiger partial charge in [-0.1, -0.05) is 23.7 Å². The van der Waals surface area contributed by atoms with Gasteiger partial charge in [-0.15, -0.1) is 0 Å². The summed E-state index contributed by atoms with van der Waals surface area (Å²) in [6, 6.07) is 7.15. The monoisotopic (exact) mass is 376 g/mol. The van der Waals surface area contributed by atoms with E-state index in [1.54, 1.807) is 12.1 Å². The summed E-state index contributed by atoms with van der Waals surface area (Å²) in [5.74, 6) is -0.396. The molecule has 2 aliphatic rings. The van der Waals surface area contributed by atoms with Crippen LogP contribution < -0.4 is 0 Å². The van der Waals surface area contributed by atoms with Gasteiger partial charge in [0.1, 0.15) is 5.70 Å². The summed E-state index contributed by atoms with van der Waals surface area (Å²) in [6.07, 6.45) is 3.90. The number of rotatable bonds is 7. The summed E-state index contributed by atoms with van der Waals surface area (Å²) in [7, 11) is 0. The van der Waals surface area contributed by atoms with E-state index in [0.717, 1.165) is 31.5 Å². The maximum atomic E-state index is 13.1. The van der Waals surface area contributed by atoms with Crippen LogP contribution in [0.1, 0.15) is 38.2 Å². The molecule has 0 aromatic heterocycles. The molecular formula is C20H25ClN2O3. The average Bonchev–Trinajstić information content (AvgIpc) is 2.91. The summed E-state index contributed by atoms with van der Waals surface area (Å²) in [5.41, 5.74) is 1.80. The van der Waals surface area contributed by atoms with E-state index in [2.05, 4.69) is 4.90 Å². The fourth-order valence-corrected chi connectivity index (χ4v) is 3.65. The molecule has 2 heterocycles. The fraction of sp³-hybridized carbons (Fsp3) is 0.500. The lowest BCUT2D eigenvalue weighted by Gasteiger charge is -2.29. The molecule has 3 rings (SSSR count). The van der Waals surface area contributed by atoms with Gasteiger partial charge in [0.25, 0.3) is 11.8 Å². The van der Waals surface area contributed by atoms with Crippen molar-refractivity contribution in [2.45, 2.75) is 32.6 Å². The highest BCUT2D eigenvalue weighted by Gasteiger charge is 2.41. The van der Waals surface area contributed by atoms with Crippen LogP contribution in [0.25, 0.3) is 5.57 Å². The Morgan fingerprint density at radius 3 is 2.38 bits per heavy atom. The molecule has 2 aliphatic heterocycles. The summed E-state index contributed by atoms with van der Waals surface area (Å²) in [6.45, 7) is 5.13. The van der Waals surface area contributed by atoms with E-state index in [9.17, 15) is 9.59 Å². The van der Waals surface area contributed by atoms with Crippen LogP contribution in [0.3, 0.4) is 0 Å². The lowest BCUT2D eigenvalue weighted by Crippen LogP contribution is -2.37. The molecule has 6 heteroatoms. The van der Waals surface area contributed by atoms with Crippen molar-refractivity contribution in [3.63, 3.8) is 0 Å². The predicted octanol–water partition coefficient (Wildman–Crippen LogP) is 3.33. The van der Waals surface area contributed by atoms with E-state index in [4.69, 9.17) is 16.3 Å². The maximum Gasteiger partial charge on any atom is 0.277 e. The summed E-state index contributed by atoms with van der Waals surface area (Å²) in [5, 5.41) is 0.610. The van der Waals surface area contributed by atoms with Gasteiger partial charge in [0.2, 0.25) is 0 Å². The first kappa shape index (κ1) is 18.9. The summed E-state index contributed by atoms with van der Waals surface area (Å²) < 4.78 is 5.34. The molecule has 0 saturated carbocycles. The minimum absolute atomic E-state index is 0.182. The zero-order valence-corrected chi connectivity index (χ0v) is 15.9. The largest absolute Gasteiger partial charge is 0.382 e. The molecule has 1 aromatic rings. The number of carbonyl (C=O) groups excluding carboxylic acids is 2. The number of halogens is 1. The topological polar surface area (TPSA) is 49.9 Å². The Morgan fingerprint density at radius 1 is 1.04 bits per heavy atom. The van der Waals surface area contributed by atoms with E-state index in [1.807, 2.05) is 19.1 Å². The second-order valence-electron chi connectivity index (χ2n) is 6.59. The van der Waals surface area contributed by atoms with Crippen LogP contribution in [-0.2, 0) is 14.3 Å². The molecule has 140 valence electrons. The van der Waals surface area contributed by atoms with E-state index in [1.165, 1.54) is 11.3 Å². The van der Waals surface area contributed by atoms with Crippen molar-refractivity contribution in [1.82, 2.24) is 9.80 Å². The Hall–Kier alpha value is -1.85. The molecule has 0 spiro atoms. The molecule has 0 bridgehead atoms. The molecule has 0 N–H and O–H groups in total. The molecule has 0 atom stereocenters. The van der Waals surface area contributed by atoms with E-state index in [0.29, 0.717) is 42.5 Å². The van der Waals surface area contributed by atoms with Crippen LogP contribution in [0.2, 0.25) is 5.02 Å². The van der Waals surface area contributed by atoms with Gasteiger partial charge in [0.15, 0.2) is 0 Å². The van der Waals surface area contributed by atoms with Crippen LogP contribution in [0.5, 0.6) is 0 Å². The zero-order valence-electron chi connectivity index (χ0n) is 15.2. The second kappa shape index (κ2) is 8.69. The normalized spacial score (nSPS) is 18.2. The average molecular weight is 377 g/mol. The van der Waals surface area contributed by atoms with Crippen LogP contribution in [0.15, 0.2) is 30.0 Å². The van der Waals surface area contributed by atoms with Crippen LogP contribution >= 0.6 is 11.6 Å². The number of imide groups is 1. The third kappa shape index (κ3) is 3.94. The zero-order chi connectivity index (χ0) is 18.5. The number of hydrogen-bond donors (Lipinski definition) is 0. The number of piperidine rings is 1. The Kier molecular flexibility index (Phi) is 6.33. The van der Waals surface area contributed by atoms with E-state index in [-0.39, 0.29) is 11.8 Å².